The van der Waals surface area contributed by atoms with E-state index in [1.807, 2.05) is 6.92 Å². The van der Waals surface area contributed by atoms with Crippen LogP contribution in [0.25, 0.3) is 11.1 Å². The fourth-order valence-corrected chi connectivity index (χ4v) is 5.38. The second-order valence-corrected chi connectivity index (χ2v) is 10.1. The summed E-state index contributed by atoms with van der Waals surface area (Å²) in [6.07, 6.45) is 3.01. The highest BCUT2D eigenvalue weighted by molar-refractivity contribution is 7.16. The Bertz CT molecular complexity index is 1550. The number of hydrogen-bond donors (Lipinski definition) is 1. The van der Waals surface area contributed by atoms with Crippen LogP contribution in [-0.2, 0) is 13.1 Å². The minimum absolute atomic E-state index is 0.118. The predicted octanol–water partition coefficient (Wildman–Crippen LogP) is 5.04. The van der Waals surface area contributed by atoms with Crippen LogP contribution >= 0.6 is 34.5 Å². The Hall–Kier alpha value is -3.80. The first-order chi connectivity index (χ1) is 18.3. The Morgan fingerprint density at radius 2 is 1.79 bits per heavy atom. The molecule has 0 aromatic carbocycles. The molecule has 0 aliphatic carbocycles. The van der Waals surface area contributed by atoms with Gasteiger partial charge in [-0.2, -0.15) is 0 Å². The quantitative estimate of drug-likeness (QED) is 0.320. The third-order valence-electron chi connectivity index (χ3n) is 5.84. The molecule has 1 aliphatic rings. The summed E-state index contributed by atoms with van der Waals surface area (Å²) in [6, 6.07) is 6.59. The average molecular weight is 571 g/mol. The number of nitrogens with one attached hydrogen (secondary N) is 1. The van der Waals surface area contributed by atoms with Crippen molar-refractivity contribution in [2.75, 3.05) is 19.5 Å². The van der Waals surface area contributed by atoms with Gasteiger partial charge in [-0.05, 0) is 31.2 Å². The van der Waals surface area contributed by atoms with Crippen molar-refractivity contribution in [2.45, 2.75) is 20.0 Å². The Morgan fingerprint density at radius 3 is 2.50 bits per heavy atom. The van der Waals surface area contributed by atoms with Gasteiger partial charge in [0.1, 0.15) is 16.6 Å². The Morgan fingerprint density at radius 1 is 1.00 bits per heavy atom. The minimum atomic E-state index is -0.389. The molecule has 10 nitrogen and oxygen atoms in total. The van der Waals surface area contributed by atoms with E-state index in [0.717, 1.165) is 10.6 Å². The summed E-state index contributed by atoms with van der Waals surface area (Å²) in [7, 11) is 3.00. The molecule has 13 heteroatoms. The van der Waals surface area contributed by atoms with Crippen LogP contribution in [0, 0.1) is 6.92 Å². The molecule has 4 aromatic heterocycles. The smallest absolute Gasteiger partial charge is 0.273 e. The van der Waals surface area contributed by atoms with Gasteiger partial charge in [0.15, 0.2) is 16.0 Å². The van der Waals surface area contributed by atoms with Gasteiger partial charge >= 0.3 is 0 Å². The van der Waals surface area contributed by atoms with Crippen molar-refractivity contribution >= 4 is 51.5 Å². The number of amides is 2. The molecular weight excluding hydrogens is 551 g/mol. The fraction of sp³-hybridized carbons (Fsp3) is 0.200. The Labute approximate surface area is 231 Å². The number of aryl methyl sites for hydroxylation is 1. The van der Waals surface area contributed by atoms with Gasteiger partial charge in [0.25, 0.3) is 11.8 Å². The molecule has 1 aliphatic heterocycles. The number of methoxy groups -OCH3 is 2. The highest BCUT2D eigenvalue weighted by Gasteiger charge is 2.30. The number of halogens is 2. The topological polar surface area (TPSA) is 119 Å². The van der Waals surface area contributed by atoms with E-state index in [-0.39, 0.29) is 34.4 Å². The number of ether oxygens (including phenoxy) is 2. The van der Waals surface area contributed by atoms with Crippen molar-refractivity contribution in [2.24, 2.45) is 0 Å². The third kappa shape index (κ3) is 5.00. The molecule has 0 radical (unpaired) electrons. The second kappa shape index (κ2) is 10.5. The van der Waals surface area contributed by atoms with Gasteiger partial charge in [-0.25, -0.2) is 15.0 Å². The number of aromatic nitrogens is 4. The molecule has 194 valence electrons. The molecule has 2 amide bonds. The average Bonchev–Trinajstić information content (AvgIpc) is 3.46. The van der Waals surface area contributed by atoms with E-state index < -0.39 is 0 Å². The molecule has 0 saturated carbocycles. The van der Waals surface area contributed by atoms with Gasteiger partial charge in [-0.3, -0.25) is 19.9 Å². The van der Waals surface area contributed by atoms with Gasteiger partial charge in [-0.1, -0.05) is 34.5 Å². The molecule has 0 unspecified atom stereocenters. The lowest BCUT2D eigenvalue weighted by Gasteiger charge is -2.15. The summed E-state index contributed by atoms with van der Waals surface area (Å²) in [5.41, 5.74) is 3.19. The van der Waals surface area contributed by atoms with Crippen molar-refractivity contribution in [3.05, 3.63) is 74.5 Å². The van der Waals surface area contributed by atoms with E-state index in [0.29, 0.717) is 45.6 Å². The molecule has 5 rings (SSSR count). The number of pyridine rings is 3. The highest BCUT2D eigenvalue weighted by Crippen LogP contribution is 2.36. The Balaban J connectivity index is 1.34. The van der Waals surface area contributed by atoms with Crippen molar-refractivity contribution in [1.29, 1.82) is 0 Å². The van der Waals surface area contributed by atoms with Gasteiger partial charge in [0.2, 0.25) is 0 Å². The van der Waals surface area contributed by atoms with E-state index in [1.54, 1.807) is 29.2 Å². The van der Waals surface area contributed by atoms with Crippen LogP contribution in [-0.4, -0.2) is 50.9 Å². The predicted molar refractivity (Wildman–Crippen MR) is 143 cm³/mol. The van der Waals surface area contributed by atoms with Gasteiger partial charge < -0.3 is 14.4 Å². The number of anilines is 1. The lowest BCUT2D eigenvalue weighted by molar-refractivity contribution is 0.0744. The first kappa shape index (κ1) is 25.8. The van der Waals surface area contributed by atoms with E-state index in [1.165, 1.54) is 38.0 Å². The third-order valence-corrected chi connectivity index (χ3v) is 7.32. The van der Waals surface area contributed by atoms with Crippen molar-refractivity contribution in [1.82, 2.24) is 24.8 Å². The highest BCUT2D eigenvalue weighted by atomic mass is 35.5. The zero-order valence-electron chi connectivity index (χ0n) is 20.4. The van der Waals surface area contributed by atoms with Crippen LogP contribution in [0.3, 0.4) is 0 Å². The first-order valence-corrected chi connectivity index (χ1v) is 12.8. The summed E-state index contributed by atoms with van der Waals surface area (Å²) in [6.45, 7) is 2.46. The van der Waals surface area contributed by atoms with Crippen molar-refractivity contribution in [3.63, 3.8) is 0 Å². The summed E-state index contributed by atoms with van der Waals surface area (Å²) >= 11 is 13.5. The summed E-state index contributed by atoms with van der Waals surface area (Å²) < 4.78 is 10.5. The van der Waals surface area contributed by atoms with Crippen LogP contribution in [0.15, 0.2) is 36.7 Å². The van der Waals surface area contributed by atoms with Crippen molar-refractivity contribution < 1.29 is 19.1 Å². The maximum absolute atomic E-state index is 13.3. The van der Waals surface area contributed by atoms with E-state index in [4.69, 9.17) is 32.7 Å². The van der Waals surface area contributed by atoms with Crippen LogP contribution in [0.2, 0.25) is 10.3 Å². The molecule has 0 spiro atoms. The largest absolute Gasteiger partial charge is 0.494 e. The molecule has 1 N–H and O–H groups in total. The summed E-state index contributed by atoms with van der Waals surface area (Å²) in [5.74, 6) is 0.202. The number of fused-ring (bicyclic) bond motifs is 1. The molecule has 0 atom stereocenters. The minimum Gasteiger partial charge on any atom is -0.494 e. The number of thiazole rings is 1. The standard InChI is InChI=1S/C25H20Cl2N6O4S/c1-12-6-13(14-7-21(26)29-9-19(14)37-3)15(8-28-12)23(34)32-25-31-17-10-33(11-20(17)38-25)24(35)16-4-5-18(36-2)22(27)30-16/h4-9H,10-11H2,1-3H3,(H,31,32,34). The maximum atomic E-state index is 13.3. The van der Waals surface area contributed by atoms with Crippen LogP contribution < -0.4 is 14.8 Å². The number of nitrogens with zero attached hydrogens (tertiary/aromatic N) is 5. The Kier molecular flexibility index (Phi) is 7.15. The zero-order chi connectivity index (χ0) is 27.0. The van der Waals surface area contributed by atoms with E-state index in [2.05, 4.69) is 25.3 Å². The molecule has 38 heavy (non-hydrogen) atoms. The van der Waals surface area contributed by atoms with Crippen molar-refractivity contribution in [3.8, 4) is 22.6 Å². The number of carbonyl (C=O) groups is 2. The summed E-state index contributed by atoms with van der Waals surface area (Å²) in [5, 5.41) is 3.66. The number of carbonyl (C=O) groups excluding carboxylic acids is 2. The molecule has 0 fully saturated rings. The monoisotopic (exact) mass is 570 g/mol. The maximum Gasteiger partial charge on any atom is 0.273 e. The van der Waals surface area contributed by atoms with Crippen LogP contribution in [0.4, 0.5) is 5.13 Å². The molecule has 5 heterocycles. The second-order valence-electron chi connectivity index (χ2n) is 8.27. The molecule has 0 saturated heterocycles. The zero-order valence-corrected chi connectivity index (χ0v) is 22.7. The summed E-state index contributed by atoms with van der Waals surface area (Å²) in [4.78, 5) is 45.7. The lowest BCUT2D eigenvalue weighted by Crippen LogP contribution is -2.26. The number of rotatable bonds is 6. The molecule has 4 aromatic rings. The SMILES string of the molecule is COc1cnc(Cl)cc1-c1cc(C)ncc1C(=O)Nc1nc2c(s1)CN(C(=O)c1ccc(OC)c(Cl)n1)C2. The van der Waals surface area contributed by atoms with Crippen LogP contribution in [0.5, 0.6) is 11.5 Å². The first-order valence-electron chi connectivity index (χ1n) is 11.2. The molecular formula is C25H20Cl2N6O4S. The van der Waals surface area contributed by atoms with Crippen LogP contribution in [0.1, 0.15) is 37.1 Å². The fourth-order valence-electron chi connectivity index (χ4n) is 4.01. The normalized spacial score (nSPS) is 12.3. The van der Waals surface area contributed by atoms with Gasteiger partial charge in [-0.15, -0.1) is 0 Å². The lowest BCUT2D eigenvalue weighted by atomic mass is 10.0. The van der Waals surface area contributed by atoms with E-state index in [9.17, 15) is 9.59 Å². The molecule has 0 bridgehead atoms. The van der Waals surface area contributed by atoms with Gasteiger partial charge in [0.05, 0.1) is 49.6 Å². The van der Waals surface area contributed by atoms with Gasteiger partial charge in [0, 0.05) is 23.0 Å². The number of hydrogen-bond acceptors (Lipinski definition) is 9. The van der Waals surface area contributed by atoms with E-state index >= 15 is 0 Å².